The summed E-state index contributed by atoms with van der Waals surface area (Å²) in [5.74, 6) is 0.783. The lowest BCUT2D eigenvalue weighted by Gasteiger charge is -2.08. The summed E-state index contributed by atoms with van der Waals surface area (Å²) in [7, 11) is 1.64. The van der Waals surface area contributed by atoms with Gasteiger partial charge < -0.3 is 4.74 Å². The topological polar surface area (TPSA) is 39.2 Å². The van der Waals surface area contributed by atoms with Gasteiger partial charge in [-0.2, -0.15) is 0 Å². The van der Waals surface area contributed by atoms with Crippen LogP contribution in [0.5, 0.6) is 5.75 Å². The predicted octanol–water partition coefficient (Wildman–Crippen LogP) is 4.21. The summed E-state index contributed by atoms with van der Waals surface area (Å²) in [6.07, 6.45) is 2.66. The van der Waals surface area contributed by atoms with E-state index in [9.17, 15) is 4.79 Å². The second-order valence-corrected chi connectivity index (χ2v) is 5.53. The predicted molar refractivity (Wildman–Crippen MR) is 84.2 cm³/mol. The summed E-state index contributed by atoms with van der Waals surface area (Å²) in [6.45, 7) is 0. The van der Waals surface area contributed by atoms with Crippen LogP contribution in [-0.2, 0) is 0 Å². The van der Waals surface area contributed by atoms with Crippen LogP contribution in [0, 0.1) is 0 Å². The van der Waals surface area contributed by atoms with Gasteiger partial charge in [0.2, 0.25) is 0 Å². The molecule has 0 aliphatic rings. The Balaban J connectivity index is 2.06. The number of rotatable bonds is 4. The van der Waals surface area contributed by atoms with Crippen LogP contribution < -0.4 is 4.74 Å². The standard InChI is InChI=1S/C17H13NO2S/c1-20-13-6-7-14-15(10-13)18-9-8-17(14)21-16-5-3-2-4-12(16)11-19/h2-11H,1H3. The van der Waals surface area contributed by atoms with Crippen LogP contribution in [0.4, 0.5) is 0 Å². The van der Waals surface area contributed by atoms with Gasteiger partial charge in [-0.05, 0) is 24.3 Å². The molecule has 0 aliphatic heterocycles. The molecule has 0 saturated carbocycles. The minimum atomic E-state index is 0.695. The van der Waals surface area contributed by atoms with Crippen molar-refractivity contribution in [2.24, 2.45) is 0 Å². The quantitative estimate of drug-likeness (QED) is 0.676. The minimum absolute atomic E-state index is 0.695. The highest BCUT2D eigenvalue weighted by Gasteiger charge is 2.08. The van der Waals surface area contributed by atoms with Crippen molar-refractivity contribution in [2.45, 2.75) is 9.79 Å². The van der Waals surface area contributed by atoms with Crippen LogP contribution >= 0.6 is 11.8 Å². The number of nitrogens with zero attached hydrogens (tertiary/aromatic N) is 1. The fraction of sp³-hybridized carbons (Fsp3) is 0.0588. The summed E-state index contributed by atoms with van der Waals surface area (Å²) in [5, 5.41) is 1.05. The van der Waals surface area contributed by atoms with Gasteiger partial charge in [0.1, 0.15) is 5.75 Å². The van der Waals surface area contributed by atoms with Crippen LogP contribution in [0.25, 0.3) is 10.9 Å². The number of pyridine rings is 1. The number of benzene rings is 2. The Kier molecular flexibility index (Phi) is 3.88. The van der Waals surface area contributed by atoms with Gasteiger partial charge in [-0.15, -0.1) is 0 Å². The van der Waals surface area contributed by atoms with Gasteiger partial charge in [0.15, 0.2) is 6.29 Å². The molecular formula is C17H13NO2S. The van der Waals surface area contributed by atoms with E-state index in [4.69, 9.17) is 4.74 Å². The Morgan fingerprint density at radius 1 is 1.10 bits per heavy atom. The van der Waals surface area contributed by atoms with E-state index in [0.717, 1.165) is 32.7 Å². The molecule has 0 radical (unpaired) electrons. The van der Waals surface area contributed by atoms with E-state index >= 15 is 0 Å². The number of carbonyl (C=O) groups excluding carboxylic acids is 1. The SMILES string of the molecule is COc1ccc2c(Sc3ccccc3C=O)ccnc2c1. The van der Waals surface area contributed by atoms with Gasteiger partial charge in [0.25, 0.3) is 0 Å². The lowest BCUT2D eigenvalue weighted by molar-refractivity contribution is 0.112. The van der Waals surface area contributed by atoms with Crippen LogP contribution in [0.2, 0.25) is 0 Å². The molecule has 3 rings (SSSR count). The van der Waals surface area contributed by atoms with Gasteiger partial charge in [-0.3, -0.25) is 9.78 Å². The Morgan fingerprint density at radius 3 is 2.76 bits per heavy atom. The third-order valence-corrected chi connectivity index (χ3v) is 4.34. The van der Waals surface area contributed by atoms with Crippen LogP contribution in [0.3, 0.4) is 0 Å². The molecule has 0 fully saturated rings. The van der Waals surface area contributed by atoms with Gasteiger partial charge in [0.05, 0.1) is 12.6 Å². The Morgan fingerprint density at radius 2 is 1.95 bits per heavy atom. The molecule has 0 saturated heterocycles. The smallest absolute Gasteiger partial charge is 0.151 e. The number of hydrogen-bond acceptors (Lipinski definition) is 4. The molecule has 1 aromatic heterocycles. The van der Waals surface area contributed by atoms with Gasteiger partial charge >= 0.3 is 0 Å². The van der Waals surface area contributed by atoms with Crippen molar-refractivity contribution in [3.8, 4) is 5.75 Å². The fourth-order valence-corrected chi connectivity index (χ4v) is 3.14. The molecule has 0 unspecified atom stereocenters. The molecule has 3 aromatic rings. The molecule has 0 bridgehead atoms. The van der Waals surface area contributed by atoms with Crippen molar-refractivity contribution in [3.05, 3.63) is 60.3 Å². The summed E-state index contributed by atoms with van der Waals surface area (Å²) in [4.78, 5) is 17.5. The van der Waals surface area contributed by atoms with E-state index in [1.165, 1.54) is 0 Å². The molecule has 3 nitrogen and oxygen atoms in total. The monoisotopic (exact) mass is 295 g/mol. The van der Waals surface area contributed by atoms with Crippen molar-refractivity contribution < 1.29 is 9.53 Å². The number of methoxy groups -OCH3 is 1. The third-order valence-electron chi connectivity index (χ3n) is 3.18. The number of hydrogen-bond donors (Lipinski definition) is 0. The molecule has 2 aromatic carbocycles. The largest absolute Gasteiger partial charge is 0.497 e. The first kappa shape index (κ1) is 13.6. The third kappa shape index (κ3) is 2.76. The maximum Gasteiger partial charge on any atom is 0.151 e. The summed E-state index contributed by atoms with van der Waals surface area (Å²) in [6, 6.07) is 15.3. The van der Waals surface area contributed by atoms with Crippen LogP contribution in [0.1, 0.15) is 10.4 Å². The molecule has 0 aliphatic carbocycles. The number of aromatic nitrogens is 1. The van der Waals surface area contributed by atoms with E-state index in [1.54, 1.807) is 25.1 Å². The van der Waals surface area contributed by atoms with Crippen molar-refractivity contribution in [2.75, 3.05) is 7.11 Å². The number of carbonyl (C=O) groups is 1. The first-order chi connectivity index (χ1) is 10.3. The Labute approximate surface area is 127 Å². The molecule has 0 atom stereocenters. The Hall–Kier alpha value is -2.33. The van der Waals surface area contributed by atoms with Gasteiger partial charge in [-0.25, -0.2) is 0 Å². The highest BCUT2D eigenvalue weighted by Crippen LogP contribution is 2.35. The first-order valence-corrected chi connectivity index (χ1v) is 7.28. The van der Waals surface area contributed by atoms with Crippen molar-refractivity contribution in [1.82, 2.24) is 4.98 Å². The average molecular weight is 295 g/mol. The molecule has 0 N–H and O–H groups in total. The molecule has 21 heavy (non-hydrogen) atoms. The maximum absolute atomic E-state index is 11.1. The van der Waals surface area contributed by atoms with Crippen molar-refractivity contribution >= 4 is 29.0 Å². The number of fused-ring (bicyclic) bond motifs is 1. The zero-order chi connectivity index (χ0) is 14.7. The maximum atomic E-state index is 11.1. The van der Waals surface area contributed by atoms with Gasteiger partial charge in [0, 0.05) is 33.0 Å². The normalized spacial score (nSPS) is 10.5. The molecule has 4 heteroatoms. The summed E-state index contributed by atoms with van der Waals surface area (Å²) < 4.78 is 5.22. The van der Waals surface area contributed by atoms with Crippen LogP contribution in [0.15, 0.2) is 64.5 Å². The lowest BCUT2D eigenvalue weighted by atomic mass is 10.2. The highest BCUT2D eigenvalue weighted by atomic mass is 32.2. The first-order valence-electron chi connectivity index (χ1n) is 6.46. The fourth-order valence-electron chi connectivity index (χ4n) is 2.11. The zero-order valence-electron chi connectivity index (χ0n) is 11.4. The van der Waals surface area contributed by atoms with E-state index in [-0.39, 0.29) is 0 Å². The van der Waals surface area contributed by atoms with Crippen molar-refractivity contribution in [3.63, 3.8) is 0 Å². The van der Waals surface area contributed by atoms with E-state index in [0.29, 0.717) is 5.56 Å². The lowest BCUT2D eigenvalue weighted by Crippen LogP contribution is -1.88. The second-order valence-electron chi connectivity index (χ2n) is 4.45. The Bertz CT molecular complexity index is 802. The van der Waals surface area contributed by atoms with Crippen LogP contribution in [-0.4, -0.2) is 18.4 Å². The van der Waals surface area contributed by atoms with E-state index in [2.05, 4.69) is 4.98 Å². The highest BCUT2D eigenvalue weighted by molar-refractivity contribution is 7.99. The zero-order valence-corrected chi connectivity index (χ0v) is 12.3. The van der Waals surface area contributed by atoms with E-state index < -0.39 is 0 Å². The number of aldehydes is 1. The summed E-state index contributed by atoms with van der Waals surface area (Å²) >= 11 is 1.57. The molecular weight excluding hydrogens is 282 g/mol. The van der Waals surface area contributed by atoms with Crippen molar-refractivity contribution in [1.29, 1.82) is 0 Å². The molecule has 1 heterocycles. The summed E-state index contributed by atoms with van der Waals surface area (Å²) in [5.41, 5.74) is 1.57. The number of ether oxygens (including phenoxy) is 1. The van der Waals surface area contributed by atoms with Gasteiger partial charge in [-0.1, -0.05) is 30.0 Å². The van der Waals surface area contributed by atoms with E-state index in [1.807, 2.05) is 48.5 Å². The average Bonchev–Trinajstić information content (AvgIpc) is 2.55. The minimum Gasteiger partial charge on any atom is -0.497 e. The molecule has 0 amide bonds. The molecule has 0 spiro atoms. The second kappa shape index (κ2) is 5.97. The molecule has 104 valence electrons.